The van der Waals surface area contributed by atoms with Gasteiger partial charge in [-0.25, -0.2) is 15.0 Å². The summed E-state index contributed by atoms with van der Waals surface area (Å²) >= 11 is 0. The van der Waals surface area contributed by atoms with Gasteiger partial charge in [-0.15, -0.1) is 0 Å². The molecule has 1 aliphatic heterocycles. The average Bonchev–Trinajstić information content (AvgIpc) is 3.19. The summed E-state index contributed by atoms with van der Waals surface area (Å²) in [6.45, 7) is 3.14. The van der Waals surface area contributed by atoms with Crippen molar-refractivity contribution in [1.82, 2.24) is 14.5 Å². The van der Waals surface area contributed by atoms with Crippen LogP contribution in [0.5, 0.6) is 0 Å². The molecule has 2 aromatic heterocycles. The molecule has 1 aliphatic rings. The highest BCUT2D eigenvalue weighted by Crippen LogP contribution is 2.23. The molecule has 0 spiro atoms. The first kappa shape index (κ1) is 15.8. The Morgan fingerprint density at radius 1 is 1.40 bits per heavy atom. The SMILES string of the molecule is CCN(/N=C/c1ccc2c(c1)COB2O)c1ncnc2c1ccn2C. The fourth-order valence-corrected chi connectivity index (χ4v) is 3.02. The van der Waals surface area contributed by atoms with Crippen LogP contribution in [0.4, 0.5) is 5.82 Å². The maximum atomic E-state index is 9.70. The van der Waals surface area contributed by atoms with E-state index in [0.29, 0.717) is 13.2 Å². The van der Waals surface area contributed by atoms with E-state index in [1.807, 2.05) is 54.0 Å². The molecule has 0 atom stereocenters. The van der Waals surface area contributed by atoms with Gasteiger partial charge in [0, 0.05) is 19.8 Å². The van der Waals surface area contributed by atoms with Crippen LogP contribution in [0.15, 0.2) is 41.9 Å². The van der Waals surface area contributed by atoms with Crippen molar-refractivity contribution in [2.75, 3.05) is 11.6 Å². The number of rotatable bonds is 4. The van der Waals surface area contributed by atoms with Crippen molar-refractivity contribution >= 4 is 35.6 Å². The summed E-state index contributed by atoms with van der Waals surface area (Å²) in [4.78, 5) is 8.72. The lowest BCUT2D eigenvalue weighted by atomic mass is 9.79. The van der Waals surface area contributed by atoms with Gasteiger partial charge in [-0.1, -0.05) is 12.1 Å². The molecule has 0 unspecified atom stereocenters. The summed E-state index contributed by atoms with van der Waals surface area (Å²) in [7, 11) is 1.14. The lowest BCUT2D eigenvalue weighted by Crippen LogP contribution is -2.27. The maximum absolute atomic E-state index is 9.70. The molecule has 0 saturated carbocycles. The molecule has 0 saturated heterocycles. The summed E-state index contributed by atoms with van der Waals surface area (Å²) in [5.41, 5.74) is 3.65. The van der Waals surface area contributed by atoms with Crippen LogP contribution in [0.25, 0.3) is 11.0 Å². The molecule has 0 bridgehead atoms. The van der Waals surface area contributed by atoms with Gasteiger partial charge in [-0.2, -0.15) is 5.10 Å². The number of fused-ring (bicyclic) bond motifs is 2. The van der Waals surface area contributed by atoms with Crippen molar-refractivity contribution < 1.29 is 9.68 Å². The molecule has 0 fully saturated rings. The van der Waals surface area contributed by atoms with Crippen LogP contribution in [0.1, 0.15) is 18.1 Å². The predicted octanol–water partition coefficient (Wildman–Crippen LogP) is 1.05. The number of nitrogens with zero attached hydrogens (tertiary/aromatic N) is 5. The minimum atomic E-state index is -0.819. The van der Waals surface area contributed by atoms with Gasteiger partial charge in [0.15, 0.2) is 5.82 Å². The Morgan fingerprint density at radius 2 is 2.28 bits per heavy atom. The minimum Gasteiger partial charge on any atom is -0.423 e. The zero-order chi connectivity index (χ0) is 17.4. The van der Waals surface area contributed by atoms with Crippen molar-refractivity contribution in [3.8, 4) is 0 Å². The Bertz CT molecular complexity index is 955. The Morgan fingerprint density at radius 3 is 3.12 bits per heavy atom. The van der Waals surface area contributed by atoms with Gasteiger partial charge >= 0.3 is 7.12 Å². The van der Waals surface area contributed by atoms with Crippen LogP contribution in [0, 0.1) is 0 Å². The monoisotopic (exact) mass is 335 g/mol. The number of benzene rings is 1. The van der Waals surface area contributed by atoms with Crippen LogP contribution in [0.3, 0.4) is 0 Å². The topological polar surface area (TPSA) is 75.8 Å². The summed E-state index contributed by atoms with van der Waals surface area (Å²) in [5.74, 6) is 0.782. The number of hydrogen-bond acceptors (Lipinski definition) is 6. The number of hydrazone groups is 1. The van der Waals surface area contributed by atoms with Crippen LogP contribution in [-0.4, -0.2) is 39.4 Å². The first-order valence-corrected chi connectivity index (χ1v) is 8.17. The largest absolute Gasteiger partial charge is 0.491 e. The van der Waals surface area contributed by atoms with Crippen LogP contribution < -0.4 is 10.5 Å². The third-order valence-electron chi connectivity index (χ3n) is 4.36. The van der Waals surface area contributed by atoms with Gasteiger partial charge in [0.1, 0.15) is 12.0 Å². The van der Waals surface area contributed by atoms with Crippen LogP contribution in [-0.2, 0) is 18.3 Å². The van der Waals surface area contributed by atoms with Gasteiger partial charge in [-0.3, -0.25) is 0 Å². The Labute approximate surface area is 145 Å². The molecular formula is C17H18BN5O2. The highest BCUT2D eigenvalue weighted by Gasteiger charge is 2.26. The van der Waals surface area contributed by atoms with E-state index in [9.17, 15) is 5.02 Å². The summed E-state index contributed by atoms with van der Waals surface area (Å²) in [5, 5.41) is 17.1. The van der Waals surface area contributed by atoms with Crippen molar-refractivity contribution in [3.63, 3.8) is 0 Å². The second kappa shape index (κ2) is 6.31. The fraction of sp³-hybridized carbons (Fsp3) is 0.235. The quantitative estimate of drug-likeness (QED) is 0.438. The second-order valence-corrected chi connectivity index (χ2v) is 5.94. The molecule has 7 nitrogen and oxygen atoms in total. The molecular weight excluding hydrogens is 317 g/mol. The summed E-state index contributed by atoms with van der Waals surface area (Å²) < 4.78 is 7.19. The van der Waals surface area contributed by atoms with Crippen molar-refractivity contribution in [2.24, 2.45) is 12.1 Å². The van der Waals surface area contributed by atoms with Crippen LogP contribution >= 0.6 is 0 Å². The Hall–Kier alpha value is -2.71. The van der Waals surface area contributed by atoms with E-state index >= 15 is 0 Å². The Kier molecular flexibility index (Phi) is 3.99. The first-order chi connectivity index (χ1) is 12.2. The molecule has 126 valence electrons. The van der Waals surface area contributed by atoms with Gasteiger partial charge in [0.2, 0.25) is 0 Å². The predicted molar refractivity (Wildman–Crippen MR) is 98.0 cm³/mol. The molecule has 25 heavy (non-hydrogen) atoms. The van der Waals surface area contributed by atoms with E-state index in [2.05, 4.69) is 15.1 Å². The standard InChI is InChI=1S/C17H18BN5O2/c1-3-23(17-14-6-7-22(2)16(14)19-11-20-17)21-9-12-4-5-15-13(8-12)10-25-18(15)24/h4-9,11,24H,3,10H2,1-2H3/b21-9+. The molecule has 1 N–H and O–H groups in total. The average molecular weight is 335 g/mol. The number of aromatic nitrogens is 3. The van der Waals surface area contributed by atoms with Gasteiger partial charge in [0.05, 0.1) is 18.2 Å². The van der Waals surface area contributed by atoms with E-state index < -0.39 is 7.12 Å². The molecule has 0 aliphatic carbocycles. The van der Waals surface area contributed by atoms with E-state index in [-0.39, 0.29) is 0 Å². The zero-order valence-electron chi connectivity index (χ0n) is 14.1. The molecule has 0 radical (unpaired) electrons. The second-order valence-electron chi connectivity index (χ2n) is 5.94. The van der Waals surface area contributed by atoms with Crippen molar-refractivity contribution in [2.45, 2.75) is 13.5 Å². The first-order valence-electron chi connectivity index (χ1n) is 8.17. The Balaban J connectivity index is 1.65. The molecule has 4 rings (SSSR count). The normalized spacial score (nSPS) is 13.8. The van der Waals surface area contributed by atoms with E-state index in [4.69, 9.17) is 4.65 Å². The molecule has 1 aromatic carbocycles. The number of anilines is 1. The lowest BCUT2D eigenvalue weighted by molar-refractivity contribution is 0.275. The molecule has 3 heterocycles. The van der Waals surface area contributed by atoms with Crippen molar-refractivity contribution in [1.29, 1.82) is 0 Å². The smallest absolute Gasteiger partial charge is 0.423 e. The van der Waals surface area contributed by atoms with E-state index in [1.54, 1.807) is 12.5 Å². The minimum absolute atomic E-state index is 0.423. The highest BCUT2D eigenvalue weighted by atomic mass is 16.5. The molecule has 8 heteroatoms. The number of aryl methyl sites for hydroxylation is 1. The van der Waals surface area contributed by atoms with Gasteiger partial charge < -0.3 is 14.2 Å². The highest BCUT2D eigenvalue weighted by molar-refractivity contribution is 6.61. The van der Waals surface area contributed by atoms with Crippen LogP contribution in [0.2, 0.25) is 0 Å². The third-order valence-corrected chi connectivity index (χ3v) is 4.36. The molecule has 3 aromatic rings. The molecule has 0 amide bonds. The fourth-order valence-electron chi connectivity index (χ4n) is 3.02. The van der Waals surface area contributed by atoms with E-state index in [0.717, 1.165) is 33.4 Å². The summed E-state index contributed by atoms with van der Waals surface area (Å²) in [6.07, 6.45) is 5.32. The van der Waals surface area contributed by atoms with E-state index in [1.165, 1.54) is 0 Å². The zero-order valence-corrected chi connectivity index (χ0v) is 14.1. The van der Waals surface area contributed by atoms with Gasteiger partial charge in [0.25, 0.3) is 0 Å². The maximum Gasteiger partial charge on any atom is 0.491 e. The van der Waals surface area contributed by atoms with Gasteiger partial charge in [-0.05, 0) is 35.6 Å². The lowest BCUT2D eigenvalue weighted by Gasteiger charge is -2.16. The third kappa shape index (κ3) is 2.79. The summed E-state index contributed by atoms with van der Waals surface area (Å²) in [6, 6.07) is 7.79. The van der Waals surface area contributed by atoms with Crippen molar-refractivity contribution in [3.05, 3.63) is 47.9 Å². The number of hydrogen-bond donors (Lipinski definition) is 1.